The zero-order valence-electron chi connectivity index (χ0n) is 13.5. The molecule has 0 bridgehead atoms. The SMILES string of the molecule is CCCN1CCC(NC2CC(C)(C)OC2(C)C)CC1. The third-order valence-corrected chi connectivity index (χ3v) is 4.64. The molecule has 0 saturated carbocycles. The van der Waals surface area contributed by atoms with E-state index in [0.717, 1.165) is 6.42 Å². The molecule has 0 radical (unpaired) electrons. The van der Waals surface area contributed by atoms with Gasteiger partial charge in [-0.3, -0.25) is 0 Å². The fraction of sp³-hybridized carbons (Fsp3) is 1.00. The highest BCUT2D eigenvalue weighted by molar-refractivity contribution is 5.00. The molecule has 19 heavy (non-hydrogen) atoms. The Morgan fingerprint density at radius 3 is 2.26 bits per heavy atom. The maximum absolute atomic E-state index is 6.18. The van der Waals surface area contributed by atoms with E-state index in [4.69, 9.17) is 4.74 Å². The summed E-state index contributed by atoms with van der Waals surface area (Å²) in [5.74, 6) is 0. The lowest BCUT2D eigenvalue weighted by Crippen LogP contribution is -2.51. The summed E-state index contributed by atoms with van der Waals surface area (Å²) in [6, 6.07) is 1.17. The molecule has 3 heteroatoms. The first-order valence-corrected chi connectivity index (χ1v) is 8.01. The van der Waals surface area contributed by atoms with Crippen LogP contribution in [0, 0.1) is 0 Å². The lowest BCUT2D eigenvalue weighted by molar-refractivity contribution is -0.0708. The Kier molecular flexibility index (Phi) is 4.59. The molecule has 2 heterocycles. The highest BCUT2D eigenvalue weighted by Gasteiger charge is 2.46. The van der Waals surface area contributed by atoms with Crippen LogP contribution in [0.25, 0.3) is 0 Å². The second-order valence-corrected chi connectivity index (χ2v) is 7.50. The van der Waals surface area contributed by atoms with Crippen molar-refractivity contribution in [2.75, 3.05) is 19.6 Å². The third kappa shape index (κ3) is 3.93. The molecule has 1 atom stereocenters. The number of nitrogens with zero attached hydrogens (tertiary/aromatic N) is 1. The van der Waals surface area contributed by atoms with E-state index in [1.807, 2.05) is 0 Å². The Morgan fingerprint density at radius 1 is 1.16 bits per heavy atom. The van der Waals surface area contributed by atoms with Crippen LogP contribution in [0.1, 0.15) is 60.3 Å². The molecule has 0 aromatic carbocycles. The molecule has 2 aliphatic rings. The fourth-order valence-corrected chi connectivity index (χ4v) is 3.75. The highest BCUT2D eigenvalue weighted by Crippen LogP contribution is 2.37. The number of likely N-dealkylation sites (tertiary alicyclic amines) is 1. The standard InChI is InChI=1S/C16H32N2O/c1-6-9-18-10-7-13(8-11-18)17-14-12-15(2,3)19-16(14,4)5/h13-14,17H,6-12H2,1-5H3. The van der Waals surface area contributed by atoms with E-state index in [2.05, 4.69) is 44.8 Å². The molecule has 2 aliphatic heterocycles. The molecular formula is C16H32N2O. The van der Waals surface area contributed by atoms with Crippen LogP contribution < -0.4 is 5.32 Å². The predicted molar refractivity (Wildman–Crippen MR) is 80.5 cm³/mol. The largest absolute Gasteiger partial charge is 0.368 e. The van der Waals surface area contributed by atoms with E-state index in [1.54, 1.807) is 0 Å². The van der Waals surface area contributed by atoms with Crippen molar-refractivity contribution >= 4 is 0 Å². The van der Waals surface area contributed by atoms with Gasteiger partial charge in [0.1, 0.15) is 0 Å². The number of hydrogen-bond donors (Lipinski definition) is 1. The minimum atomic E-state index is -0.0376. The zero-order chi connectivity index (χ0) is 14.1. The highest BCUT2D eigenvalue weighted by atomic mass is 16.5. The topological polar surface area (TPSA) is 24.5 Å². The monoisotopic (exact) mass is 268 g/mol. The third-order valence-electron chi connectivity index (χ3n) is 4.64. The van der Waals surface area contributed by atoms with E-state index in [9.17, 15) is 0 Å². The minimum Gasteiger partial charge on any atom is -0.368 e. The molecule has 112 valence electrons. The molecule has 1 N–H and O–H groups in total. The van der Waals surface area contributed by atoms with Crippen LogP contribution in [-0.2, 0) is 4.74 Å². The van der Waals surface area contributed by atoms with Crippen LogP contribution in [0.2, 0.25) is 0 Å². The van der Waals surface area contributed by atoms with E-state index < -0.39 is 0 Å². The number of nitrogens with one attached hydrogen (secondary N) is 1. The maximum atomic E-state index is 6.18. The first kappa shape index (κ1) is 15.3. The Labute approximate surface area is 119 Å². The molecular weight excluding hydrogens is 236 g/mol. The Bertz CT molecular complexity index is 293. The maximum Gasteiger partial charge on any atom is 0.0787 e. The second-order valence-electron chi connectivity index (χ2n) is 7.50. The van der Waals surface area contributed by atoms with E-state index >= 15 is 0 Å². The van der Waals surface area contributed by atoms with Crippen molar-refractivity contribution in [3.05, 3.63) is 0 Å². The number of ether oxygens (including phenoxy) is 1. The summed E-state index contributed by atoms with van der Waals surface area (Å²) in [6.07, 6.45) is 4.96. The first-order chi connectivity index (χ1) is 8.82. The van der Waals surface area contributed by atoms with Gasteiger partial charge in [-0.05, 0) is 73.0 Å². The van der Waals surface area contributed by atoms with Gasteiger partial charge in [-0.1, -0.05) is 6.92 Å². The van der Waals surface area contributed by atoms with Gasteiger partial charge >= 0.3 is 0 Å². The normalized spacial score (nSPS) is 31.7. The molecule has 0 aromatic rings. The first-order valence-electron chi connectivity index (χ1n) is 8.01. The van der Waals surface area contributed by atoms with Crippen molar-refractivity contribution in [1.29, 1.82) is 0 Å². The van der Waals surface area contributed by atoms with Crippen molar-refractivity contribution in [2.45, 2.75) is 83.6 Å². The van der Waals surface area contributed by atoms with Crippen LogP contribution in [0.5, 0.6) is 0 Å². The minimum absolute atomic E-state index is 0.0179. The van der Waals surface area contributed by atoms with Gasteiger partial charge in [-0.2, -0.15) is 0 Å². The van der Waals surface area contributed by atoms with Gasteiger partial charge in [-0.15, -0.1) is 0 Å². The van der Waals surface area contributed by atoms with Gasteiger partial charge in [0.15, 0.2) is 0 Å². The van der Waals surface area contributed by atoms with Crippen LogP contribution in [0.3, 0.4) is 0 Å². The number of hydrogen-bond acceptors (Lipinski definition) is 3. The molecule has 1 unspecified atom stereocenters. The summed E-state index contributed by atoms with van der Waals surface area (Å²) in [6.45, 7) is 14.9. The summed E-state index contributed by atoms with van der Waals surface area (Å²) in [7, 11) is 0. The average molecular weight is 268 g/mol. The van der Waals surface area contributed by atoms with Crippen molar-refractivity contribution in [3.8, 4) is 0 Å². The second kappa shape index (κ2) is 5.71. The van der Waals surface area contributed by atoms with Crippen molar-refractivity contribution < 1.29 is 4.74 Å². The lowest BCUT2D eigenvalue weighted by Gasteiger charge is -2.36. The summed E-state index contributed by atoms with van der Waals surface area (Å²) in [4.78, 5) is 2.60. The lowest BCUT2D eigenvalue weighted by atomic mass is 9.92. The molecule has 3 nitrogen and oxygen atoms in total. The number of piperidine rings is 1. The van der Waals surface area contributed by atoms with Gasteiger partial charge in [0.25, 0.3) is 0 Å². The van der Waals surface area contributed by atoms with Gasteiger partial charge < -0.3 is 15.0 Å². The van der Waals surface area contributed by atoms with Crippen molar-refractivity contribution in [2.24, 2.45) is 0 Å². The summed E-state index contributed by atoms with van der Waals surface area (Å²) < 4.78 is 6.18. The Hall–Kier alpha value is -0.120. The van der Waals surface area contributed by atoms with E-state index in [0.29, 0.717) is 12.1 Å². The summed E-state index contributed by atoms with van der Waals surface area (Å²) in [5, 5.41) is 3.87. The smallest absolute Gasteiger partial charge is 0.0787 e. The summed E-state index contributed by atoms with van der Waals surface area (Å²) in [5.41, 5.74) is -0.0197. The Balaban J connectivity index is 1.83. The zero-order valence-corrected chi connectivity index (χ0v) is 13.5. The van der Waals surface area contributed by atoms with E-state index in [1.165, 1.54) is 38.9 Å². The molecule has 0 spiro atoms. The molecule has 0 aliphatic carbocycles. The molecule has 2 fully saturated rings. The van der Waals surface area contributed by atoms with Crippen molar-refractivity contribution in [1.82, 2.24) is 10.2 Å². The summed E-state index contributed by atoms with van der Waals surface area (Å²) >= 11 is 0. The van der Waals surface area contributed by atoms with Gasteiger partial charge in [-0.25, -0.2) is 0 Å². The molecule has 2 saturated heterocycles. The van der Waals surface area contributed by atoms with Gasteiger partial charge in [0.2, 0.25) is 0 Å². The fourth-order valence-electron chi connectivity index (χ4n) is 3.75. The quantitative estimate of drug-likeness (QED) is 0.848. The van der Waals surface area contributed by atoms with E-state index in [-0.39, 0.29) is 11.2 Å². The van der Waals surface area contributed by atoms with Crippen LogP contribution in [0.15, 0.2) is 0 Å². The van der Waals surface area contributed by atoms with Crippen LogP contribution in [0.4, 0.5) is 0 Å². The van der Waals surface area contributed by atoms with Crippen LogP contribution in [-0.4, -0.2) is 47.8 Å². The molecule has 0 aromatic heterocycles. The number of rotatable bonds is 4. The molecule has 2 rings (SSSR count). The van der Waals surface area contributed by atoms with Crippen molar-refractivity contribution in [3.63, 3.8) is 0 Å². The predicted octanol–water partition coefficient (Wildman–Crippen LogP) is 2.80. The average Bonchev–Trinajstić information content (AvgIpc) is 2.50. The van der Waals surface area contributed by atoms with Gasteiger partial charge in [0, 0.05) is 12.1 Å². The Morgan fingerprint density at radius 2 is 1.79 bits per heavy atom. The van der Waals surface area contributed by atoms with Crippen LogP contribution >= 0.6 is 0 Å². The molecule has 0 amide bonds. The van der Waals surface area contributed by atoms with Gasteiger partial charge in [0.05, 0.1) is 11.2 Å².